The molecule has 0 aliphatic carbocycles. The number of carbonyl (C=O) groups is 1. The van der Waals surface area contributed by atoms with Gasteiger partial charge in [-0.1, -0.05) is 57.2 Å². The molecule has 0 radical (unpaired) electrons. The fourth-order valence-corrected chi connectivity index (χ4v) is 2.94. The van der Waals surface area contributed by atoms with Crippen LogP contribution in [-0.2, 0) is 12.0 Å². The second kappa shape index (κ2) is 8.21. The molecule has 3 aromatic rings. The van der Waals surface area contributed by atoms with E-state index in [2.05, 4.69) is 36.4 Å². The summed E-state index contributed by atoms with van der Waals surface area (Å²) < 4.78 is 13.8. The third-order valence-corrected chi connectivity index (χ3v) is 4.42. The first-order valence-corrected chi connectivity index (χ1v) is 9.19. The first-order chi connectivity index (χ1) is 13.3. The highest BCUT2D eigenvalue weighted by molar-refractivity contribution is 6.03. The highest BCUT2D eigenvalue weighted by Gasteiger charge is 2.19. The van der Waals surface area contributed by atoms with E-state index in [4.69, 9.17) is 0 Å². The number of rotatable bonds is 5. The molecule has 0 saturated heterocycles. The Morgan fingerprint density at radius 3 is 2.50 bits per heavy atom. The van der Waals surface area contributed by atoms with E-state index in [1.165, 1.54) is 6.07 Å². The Labute approximate surface area is 164 Å². The van der Waals surface area contributed by atoms with Crippen LogP contribution < -0.4 is 10.6 Å². The molecule has 0 atom stereocenters. The van der Waals surface area contributed by atoms with Crippen molar-refractivity contribution in [1.29, 1.82) is 0 Å². The molecule has 4 nitrogen and oxygen atoms in total. The smallest absolute Gasteiger partial charge is 0.274 e. The number of nitrogens with one attached hydrogen (secondary N) is 2. The Bertz CT molecular complexity index is 979. The highest BCUT2D eigenvalue weighted by Crippen LogP contribution is 2.29. The molecule has 0 fully saturated rings. The summed E-state index contributed by atoms with van der Waals surface area (Å²) >= 11 is 0. The number of carbonyl (C=O) groups excluding carboxylic acids is 1. The van der Waals surface area contributed by atoms with E-state index in [0.717, 1.165) is 11.3 Å². The number of benzene rings is 2. The lowest BCUT2D eigenvalue weighted by atomic mass is 9.86. The Hall–Kier alpha value is -3.21. The van der Waals surface area contributed by atoms with Crippen molar-refractivity contribution in [2.75, 3.05) is 10.6 Å². The molecule has 0 unspecified atom stereocenters. The largest absolute Gasteiger partial charge is 0.381 e. The molecule has 0 spiro atoms. The molecular formula is C23H24FN3O. The van der Waals surface area contributed by atoms with E-state index in [1.54, 1.807) is 36.5 Å². The minimum absolute atomic E-state index is 0.0968. The molecule has 1 heterocycles. The van der Waals surface area contributed by atoms with Crippen molar-refractivity contribution in [2.45, 2.75) is 32.7 Å². The molecular weight excluding hydrogens is 353 g/mol. The lowest BCUT2D eigenvalue weighted by Gasteiger charge is -2.23. The Balaban J connectivity index is 1.74. The van der Waals surface area contributed by atoms with Gasteiger partial charge in [-0.25, -0.2) is 4.39 Å². The maximum atomic E-state index is 13.8. The highest BCUT2D eigenvalue weighted by atomic mass is 19.1. The number of para-hydroxylation sites is 1. The normalized spacial score (nSPS) is 11.1. The zero-order valence-corrected chi connectivity index (χ0v) is 16.3. The van der Waals surface area contributed by atoms with Gasteiger partial charge in [-0.05, 0) is 35.2 Å². The minimum atomic E-state index is -0.286. The fraction of sp³-hybridized carbons (Fsp3) is 0.217. The van der Waals surface area contributed by atoms with Gasteiger partial charge >= 0.3 is 0 Å². The van der Waals surface area contributed by atoms with E-state index in [1.807, 2.05) is 24.3 Å². The molecule has 1 amide bonds. The van der Waals surface area contributed by atoms with Crippen LogP contribution in [0.15, 0.2) is 66.9 Å². The van der Waals surface area contributed by atoms with E-state index >= 15 is 0 Å². The number of nitrogens with zero attached hydrogens (tertiary/aromatic N) is 1. The van der Waals surface area contributed by atoms with E-state index in [0.29, 0.717) is 23.5 Å². The van der Waals surface area contributed by atoms with Crippen molar-refractivity contribution in [3.8, 4) is 0 Å². The molecule has 2 aromatic carbocycles. The second-order valence-corrected chi connectivity index (χ2v) is 7.62. The van der Waals surface area contributed by atoms with Gasteiger partial charge in [-0.2, -0.15) is 0 Å². The Kier molecular flexibility index (Phi) is 5.73. The third kappa shape index (κ3) is 4.74. The van der Waals surface area contributed by atoms with Crippen molar-refractivity contribution in [2.24, 2.45) is 0 Å². The number of anilines is 2. The van der Waals surface area contributed by atoms with Crippen LogP contribution in [0, 0.1) is 5.82 Å². The summed E-state index contributed by atoms with van der Waals surface area (Å²) in [5, 5.41) is 6.09. The second-order valence-electron chi connectivity index (χ2n) is 7.62. The van der Waals surface area contributed by atoms with Crippen molar-refractivity contribution >= 4 is 17.3 Å². The molecule has 0 bridgehead atoms. The summed E-state index contributed by atoms with van der Waals surface area (Å²) in [5.41, 5.74) is 3.28. The molecule has 5 heteroatoms. The Morgan fingerprint density at radius 2 is 1.75 bits per heavy atom. The number of halogens is 1. The average Bonchev–Trinajstić information content (AvgIpc) is 2.67. The summed E-state index contributed by atoms with van der Waals surface area (Å²) in [7, 11) is 0. The average molecular weight is 377 g/mol. The molecule has 3 rings (SSSR count). The minimum Gasteiger partial charge on any atom is -0.381 e. The maximum absolute atomic E-state index is 13.8. The van der Waals surface area contributed by atoms with Gasteiger partial charge in [0, 0.05) is 29.7 Å². The van der Waals surface area contributed by atoms with E-state index in [-0.39, 0.29) is 17.1 Å². The molecule has 144 valence electrons. The topological polar surface area (TPSA) is 54.0 Å². The van der Waals surface area contributed by atoms with Crippen LogP contribution >= 0.6 is 0 Å². The van der Waals surface area contributed by atoms with Crippen LogP contribution in [0.1, 0.15) is 42.4 Å². The number of amides is 1. The van der Waals surface area contributed by atoms with Gasteiger partial charge < -0.3 is 10.6 Å². The van der Waals surface area contributed by atoms with Crippen LogP contribution in [0.2, 0.25) is 0 Å². The van der Waals surface area contributed by atoms with Crippen molar-refractivity contribution in [3.63, 3.8) is 0 Å². The lowest BCUT2D eigenvalue weighted by Crippen LogP contribution is -2.19. The fourth-order valence-electron chi connectivity index (χ4n) is 2.94. The van der Waals surface area contributed by atoms with Gasteiger partial charge in [0.15, 0.2) is 0 Å². The molecule has 0 saturated carbocycles. The summed E-state index contributed by atoms with van der Waals surface area (Å²) in [6.45, 7) is 6.63. The van der Waals surface area contributed by atoms with Gasteiger partial charge in [0.2, 0.25) is 0 Å². The van der Waals surface area contributed by atoms with Crippen molar-refractivity contribution in [3.05, 3.63) is 89.5 Å². The van der Waals surface area contributed by atoms with Gasteiger partial charge in [-0.15, -0.1) is 0 Å². The zero-order chi connectivity index (χ0) is 20.1. The van der Waals surface area contributed by atoms with Crippen LogP contribution in [-0.4, -0.2) is 10.9 Å². The predicted octanol–water partition coefficient (Wildman–Crippen LogP) is 5.38. The zero-order valence-electron chi connectivity index (χ0n) is 16.3. The van der Waals surface area contributed by atoms with Gasteiger partial charge in [0.25, 0.3) is 5.91 Å². The maximum Gasteiger partial charge on any atom is 0.274 e. The number of pyridine rings is 1. The van der Waals surface area contributed by atoms with Crippen LogP contribution in [0.25, 0.3) is 0 Å². The predicted molar refractivity (Wildman–Crippen MR) is 111 cm³/mol. The first-order valence-electron chi connectivity index (χ1n) is 9.19. The third-order valence-electron chi connectivity index (χ3n) is 4.42. The van der Waals surface area contributed by atoms with Crippen LogP contribution in [0.3, 0.4) is 0 Å². The van der Waals surface area contributed by atoms with Gasteiger partial charge in [0.05, 0.1) is 0 Å². The lowest BCUT2D eigenvalue weighted by molar-refractivity contribution is 0.102. The Morgan fingerprint density at radius 1 is 1.04 bits per heavy atom. The molecule has 28 heavy (non-hydrogen) atoms. The van der Waals surface area contributed by atoms with E-state index < -0.39 is 0 Å². The monoisotopic (exact) mass is 377 g/mol. The molecule has 1 aromatic heterocycles. The van der Waals surface area contributed by atoms with Crippen LogP contribution in [0.5, 0.6) is 0 Å². The van der Waals surface area contributed by atoms with Gasteiger partial charge in [-0.3, -0.25) is 9.78 Å². The summed E-state index contributed by atoms with van der Waals surface area (Å²) in [4.78, 5) is 16.9. The van der Waals surface area contributed by atoms with Crippen molar-refractivity contribution < 1.29 is 9.18 Å². The quantitative estimate of drug-likeness (QED) is 0.627. The summed E-state index contributed by atoms with van der Waals surface area (Å²) in [6.07, 6.45) is 1.56. The standard InChI is InChI=1S/C23H24FN3O/c1-23(2,3)18-9-5-7-11-20(18)27-22(28)21-14-17(12-13-25-21)26-15-16-8-4-6-10-19(16)24/h4-14H,15H2,1-3H3,(H,25,26)(H,27,28). The summed E-state index contributed by atoms with van der Waals surface area (Å²) in [5.74, 6) is -0.549. The molecule has 0 aliphatic heterocycles. The number of hydrogen-bond acceptors (Lipinski definition) is 3. The first kappa shape index (κ1) is 19.5. The number of hydrogen-bond donors (Lipinski definition) is 2. The molecule has 0 aliphatic rings. The molecule has 2 N–H and O–H groups in total. The van der Waals surface area contributed by atoms with Crippen LogP contribution in [0.4, 0.5) is 15.8 Å². The van der Waals surface area contributed by atoms with Crippen molar-refractivity contribution in [1.82, 2.24) is 4.98 Å². The summed E-state index contributed by atoms with van der Waals surface area (Å²) in [6, 6.07) is 17.8. The van der Waals surface area contributed by atoms with Gasteiger partial charge in [0.1, 0.15) is 11.5 Å². The SMILES string of the molecule is CC(C)(C)c1ccccc1NC(=O)c1cc(NCc2ccccc2F)ccn1. The number of aromatic nitrogens is 1. The van der Waals surface area contributed by atoms with E-state index in [9.17, 15) is 9.18 Å².